The Bertz CT molecular complexity index is 482. The van der Waals surface area contributed by atoms with E-state index in [1.807, 2.05) is 6.92 Å². The number of amides is 1. The van der Waals surface area contributed by atoms with Crippen LogP contribution in [0.5, 0.6) is 0 Å². The number of hydrogen-bond donors (Lipinski definition) is 2. The number of aliphatic hydroxyl groups is 1. The van der Waals surface area contributed by atoms with E-state index in [1.54, 1.807) is 6.92 Å². The van der Waals surface area contributed by atoms with Crippen LogP contribution in [-0.2, 0) is 4.79 Å². The molecule has 0 aliphatic rings. The molecule has 1 atom stereocenters. The lowest BCUT2D eigenvalue weighted by Crippen LogP contribution is -2.45. The number of benzene rings is 1. The fourth-order valence-electron chi connectivity index (χ4n) is 1.74. The molecule has 0 heterocycles. The number of aliphatic hydroxyl groups excluding tert-OH is 1. The average molecular weight is 283 g/mol. The maximum Gasteiger partial charge on any atom is 0.244 e. The summed E-state index contributed by atoms with van der Waals surface area (Å²) in [4.78, 5) is 11.8. The lowest BCUT2D eigenvalue weighted by Gasteiger charge is -2.28. The fraction of sp³-hybridized carbons (Fsp3) is 0.400. The van der Waals surface area contributed by atoms with Gasteiger partial charge in [-0.1, -0.05) is 13.0 Å². The van der Waals surface area contributed by atoms with Gasteiger partial charge in [-0.3, -0.25) is 4.79 Å². The number of halogens is 2. The molecule has 110 valence electrons. The molecular weight excluding hydrogens is 264 g/mol. The molecule has 2 N–H and O–H groups in total. The van der Waals surface area contributed by atoms with Gasteiger partial charge >= 0.3 is 0 Å². The predicted octanol–water partition coefficient (Wildman–Crippen LogP) is 2.65. The van der Waals surface area contributed by atoms with Gasteiger partial charge in [-0.25, -0.2) is 8.78 Å². The Hall–Kier alpha value is -1.75. The highest BCUT2D eigenvalue weighted by molar-refractivity contribution is 5.92. The van der Waals surface area contributed by atoms with Crippen molar-refractivity contribution in [1.29, 1.82) is 0 Å². The summed E-state index contributed by atoms with van der Waals surface area (Å²) in [6, 6.07) is 3.52. The van der Waals surface area contributed by atoms with Crippen LogP contribution < -0.4 is 5.32 Å². The maximum absolute atomic E-state index is 13.4. The van der Waals surface area contributed by atoms with Gasteiger partial charge in [0.25, 0.3) is 0 Å². The minimum atomic E-state index is -0.720. The smallest absolute Gasteiger partial charge is 0.244 e. The van der Waals surface area contributed by atoms with Crippen molar-refractivity contribution in [1.82, 2.24) is 5.32 Å². The number of rotatable bonds is 6. The van der Waals surface area contributed by atoms with E-state index in [2.05, 4.69) is 5.32 Å². The van der Waals surface area contributed by atoms with E-state index in [4.69, 9.17) is 5.11 Å². The average Bonchev–Trinajstić information content (AvgIpc) is 2.38. The quantitative estimate of drug-likeness (QED) is 0.789. The van der Waals surface area contributed by atoms with Gasteiger partial charge < -0.3 is 10.4 Å². The summed E-state index contributed by atoms with van der Waals surface area (Å²) in [5, 5.41) is 11.7. The zero-order valence-electron chi connectivity index (χ0n) is 11.6. The summed E-state index contributed by atoms with van der Waals surface area (Å²) in [5.74, 6) is -1.89. The van der Waals surface area contributed by atoms with Crippen LogP contribution in [0, 0.1) is 11.6 Å². The Morgan fingerprint density at radius 3 is 2.50 bits per heavy atom. The van der Waals surface area contributed by atoms with Gasteiger partial charge in [-0.2, -0.15) is 0 Å². The summed E-state index contributed by atoms with van der Waals surface area (Å²) in [7, 11) is 0. The van der Waals surface area contributed by atoms with Crippen LogP contribution in [0.15, 0.2) is 24.3 Å². The molecule has 0 bridgehead atoms. The van der Waals surface area contributed by atoms with Crippen LogP contribution in [0.1, 0.15) is 32.3 Å². The van der Waals surface area contributed by atoms with E-state index in [0.717, 1.165) is 24.3 Å². The van der Waals surface area contributed by atoms with Crippen molar-refractivity contribution < 1.29 is 18.7 Å². The largest absolute Gasteiger partial charge is 0.396 e. The fourth-order valence-corrected chi connectivity index (χ4v) is 1.74. The topological polar surface area (TPSA) is 49.3 Å². The van der Waals surface area contributed by atoms with Crippen molar-refractivity contribution in [3.8, 4) is 0 Å². The van der Waals surface area contributed by atoms with Crippen molar-refractivity contribution in [3.63, 3.8) is 0 Å². The SMILES string of the molecule is CCC(C)(CCO)NC(=O)/C=C/c1c(F)cccc1F. The highest BCUT2D eigenvalue weighted by Crippen LogP contribution is 2.15. The van der Waals surface area contributed by atoms with Crippen molar-refractivity contribution >= 4 is 12.0 Å². The second-order valence-electron chi connectivity index (χ2n) is 4.85. The molecule has 1 aromatic rings. The third-order valence-corrected chi connectivity index (χ3v) is 3.27. The summed E-state index contributed by atoms with van der Waals surface area (Å²) >= 11 is 0. The first-order valence-corrected chi connectivity index (χ1v) is 6.47. The summed E-state index contributed by atoms with van der Waals surface area (Å²) in [5.41, 5.74) is -0.785. The minimum Gasteiger partial charge on any atom is -0.396 e. The van der Waals surface area contributed by atoms with Crippen molar-refractivity contribution in [2.75, 3.05) is 6.61 Å². The van der Waals surface area contributed by atoms with E-state index >= 15 is 0 Å². The molecule has 1 rings (SSSR count). The molecule has 1 unspecified atom stereocenters. The zero-order chi connectivity index (χ0) is 15.2. The summed E-state index contributed by atoms with van der Waals surface area (Å²) in [6.07, 6.45) is 3.25. The lowest BCUT2D eigenvalue weighted by atomic mass is 9.95. The van der Waals surface area contributed by atoms with E-state index in [-0.39, 0.29) is 12.2 Å². The molecule has 3 nitrogen and oxygen atoms in total. The Balaban J connectivity index is 2.78. The molecule has 20 heavy (non-hydrogen) atoms. The van der Waals surface area contributed by atoms with Gasteiger partial charge in [-0.05, 0) is 38.0 Å². The van der Waals surface area contributed by atoms with Gasteiger partial charge in [0, 0.05) is 23.8 Å². The minimum absolute atomic E-state index is 0.0454. The second-order valence-corrected chi connectivity index (χ2v) is 4.85. The third kappa shape index (κ3) is 4.42. The molecule has 0 saturated carbocycles. The molecule has 5 heteroatoms. The van der Waals surface area contributed by atoms with E-state index in [1.165, 1.54) is 6.07 Å². The van der Waals surface area contributed by atoms with Gasteiger partial charge in [-0.15, -0.1) is 0 Å². The standard InChI is InChI=1S/C15H19F2NO2/c1-3-15(2,9-10-19)18-14(20)8-7-11-12(16)5-4-6-13(11)17/h4-8,19H,3,9-10H2,1-2H3,(H,18,20)/b8-7+. The monoisotopic (exact) mass is 283 g/mol. The third-order valence-electron chi connectivity index (χ3n) is 3.27. The van der Waals surface area contributed by atoms with Crippen molar-refractivity contribution in [2.45, 2.75) is 32.2 Å². The first-order valence-electron chi connectivity index (χ1n) is 6.47. The molecule has 1 amide bonds. The van der Waals surface area contributed by atoms with Crippen LogP contribution in [-0.4, -0.2) is 23.2 Å². The summed E-state index contributed by atoms with van der Waals surface area (Å²) < 4.78 is 26.7. The molecule has 0 aromatic heterocycles. The molecule has 0 aliphatic carbocycles. The Kier molecular flexibility index (Phi) is 5.82. The number of hydrogen-bond acceptors (Lipinski definition) is 2. The van der Waals surface area contributed by atoms with Gasteiger partial charge in [0.15, 0.2) is 0 Å². The molecule has 0 aliphatic heterocycles. The second kappa shape index (κ2) is 7.14. The van der Waals surface area contributed by atoms with Crippen LogP contribution in [0.25, 0.3) is 6.08 Å². The first-order chi connectivity index (χ1) is 9.41. The highest BCUT2D eigenvalue weighted by atomic mass is 19.1. The van der Waals surface area contributed by atoms with Crippen LogP contribution >= 0.6 is 0 Å². The summed E-state index contributed by atoms with van der Waals surface area (Å²) in [6.45, 7) is 3.64. The highest BCUT2D eigenvalue weighted by Gasteiger charge is 2.22. The van der Waals surface area contributed by atoms with E-state index < -0.39 is 23.1 Å². The number of nitrogens with one attached hydrogen (secondary N) is 1. The Morgan fingerprint density at radius 2 is 2.00 bits per heavy atom. The number of carbonyl (C=O) groups excluding carboxylic acids is 1. The molecular formula is C15H19F2NO2. The van der Waals surface area contributed by atoms with Crippen LogP contribution in [0.3, 0.4) is 0 Å². The molecule has 0 saturated heterocycles. The molecule has 1 aromatic carbocycles. The Labute approximate surface area is 117 Å². The van der Waals surface area contributed by atoms with E-state index in [9.17, 15) is 13.6 Å². The van der Waals surface area contributed by atoms with Gasteiger partial charge in [0.2, 0.25) is 5.91 Å². The molecule has 0 spiro atoms. The van der Waals surface area contributed by atoms with Crippen LogP contribution in [0.2, 0.25) is 0 Å². The van der Waals surface area contributed by atoms with Gasteiger partial charge in [0.1, 0.15) is 11.6 Å². The predicted molar refractivity (Wildman–Crippen MR) is 73.9 cm³/mol. The maximum atomic E-state index is 13.4. The van der Waals surface area contributed by atoms with Gasteiger partial charge in [0.05, 0.1) is 0 Å². The van der Waals surface area contributed by atoms with Crippen LogP contribution in [0.4, 0.5) is 8.78 Å². The van der Waals surface area contributed by atoms with Crippen molar-refractivity contribution in [2.24, 2.45) is 0 Å². The van der Waals surface area contributed by atoms with Crippen molar-refractivity contribution in [3.05, 3.63) is 41.5 Å². The van der Waals surface area contributed by atoms with E-state index in [0.29, 0.717) is 12.8 Å². The first kappa shape index (κ1) is 16.3. The Morgan fingerprint density at radius 1 is 1.40 bits per heavy atom. The lowest BCUT2D eigenvalue weighted by molar-refractivity contribution is -0.118. The molecule has 0 radical (unpaired) electrons. The number of carbonyl (C=O) groups is 1. The molecule has 0 fully saturated rings. The normalized spacial score (nSPS) is 14.2. The zero-order valence-corrected chi connectivity index (χ0v) is 11.6.